The van der Waals surface area contributed by atoms with Gasteiger partial charge in [0.05, 0.1) is 17.7 Å². The van der Waals surface area contributed by atoms with Crippen molar-refractivity contribution >= 4 is 34.0 Å². The van der Waals surface area contributed by atoms with Crippen molar-refractivity contribution in [2.75, 3.05) is 11.9 Å². The van der Waals surface area contributed by atoms with Gasteiger partial charge in [-0.15, -0.1) is 0 Å². The van der Waals surface area contributed by atoms with Gasteiger partial charge in [-0.25, -0.2) is 4.79 Å². The maximum atomic E-state index is 13.3. The van der Waals surface area contributed by atoms with Gasteiger partial charge in [-0.05, 0) is 49.4 Å². The Morgan fingerprint density at radius 2 is 1.61 bits per heavy atom. The molecule has 0 spiro atoms. The fourth-order valence-electron chi connectivity index (χ4n) is 3.30. The molecule has 2 heterocycles. The largest absolute Gasteiger partial charge is 0.462 e. The van der Waals surface area contributed by atoms with Gasteiger partial charge in [0, 0.05) is 34.4 Å². The Morgan fingerprint density at radius 3 is 2.29 bits per heavy atom. The van der Waals surface area contributed by atoms with E-state index < -0.39 is 5.97 Å². The van der Waals surface area contributed by atoms with Crippen LogP contribution in [-0.4, -0.2) is 28.3 Å². The summed E-state index contributed by atoms with van der Waals surface area (Å²) in [5, 5.41) is 4.07. The third kappa shape index (κ3) is 4.06. The third-order valence-electron chi connectivity index (χ3n) is 4.76. The van der Waals surface area contributed by atoms with Crippen LogP contribution in [0.15, 0.2) is 77.9 Å². The number of ketones is 1. The number of esters is 1. The van der Waals surface area contributed by atoms with Crippen LogP contribution in [0.5, 0.6) is 0 Å². The van der Waals surface area contributed by atoms with Crippen LogP contribution in [-0.2, 0) is 4.74 Å². The molecule has 0 aliphatic rings. The number of nitrogens with zero attached hydrogens (tertiary/aromatic N) is 1. The zero-order valence-electron chi connectivity index (χ0n) is 16.7. The molecule has 4 aromatic rings. The standard InChI is InChI=1S/C24H19N3O4/c1-2-31-24(30)16-7-9-17(10-8-16)26-22-20(21(28)15-11-13-25-14-12-15)18-5-3-4-6-19(18)23(29)27-22/h3-14H,2H2,1H3,(H2,26,27,29). The number of hydrogen-bond donors (Lipinski definition) is 2. The summed E-state index contributed by atoms with van der Waals surface area (Å²) in [5.41, 5.74) is 1.49. The highest BCUT2D eigenvalue weighted by atomic mass is 16.5. The van der Waals surface area contributed by atoms with Crippen LogP contribution < -0.4 is 10.9 Å². The predicted molar refractivity (Wildman–Crippen MR) is 118 cm³/mol. The van der Waals surface area contributed by atoms with Gasteiger partial charge in [-0.2, -0.15) is 0 Å². The fraction of sp³-hybridized carbons (Fsp3) is 0.0833. The number of ether oxygens (including phenoxy) is 1. The SMILES string of the molecule is CCOC(=O)c1ccc(Nc2[nH]c(=O)c3ccccc3c2C(=O)c2ccncc2)cc1. The van der Waals surface area contributed by atoms with Crippen molar-refractivity contribution in [2.45, 2.75) is 6.92 Å². The molecular weight excluding hydrogens is 394 g/mol. The second-order valence-corrected chi connectivity index (χ2v) is 6.74. The molecule has 0 atom stereocenters. The van der Waals surface area contributed by atoms with Gasteiger partial charge >= 0.3 is 5.97 Å². The van der Waals surface area contributed by atoms with E-state index in [9.17, 15) is 14.4 Å². The molecule has 0 aliphatic carbocycles. The minimum Gasteiger partial charge on any atom is -0.462 e. The maximum Gasteiger partial charge on any atom is 0.338 e. The van der Waals surface area contributed by atoms with Crippen molar-refractivity contribution in [1.82, 2.24) is 9.97 Å². The molecule has 0 saturated heterocycles. The van der Waals surface area contributed by atoms with E-state index in [1.54, 1.807) is 80.0 Å². The Hall–Kier alpha value is -4.26. The molecule has 31 heavy (non-hydrogen) atoms. The van der Waals surface area contributed by atoms with E-state index in [2.05, 4.69) is 15.3 Å². The second-order valence-electron chi connectivity index (χ2n) is 6.74. The second kappa shape index (κ2) is 8.62. The van der Waals surface area contributed by atoms with Gasteiger partial charge in [0.2, 0.25) is 0 Å². The summed E-state index contributed by atoms with van der Waals surface area (Å²) in [4.78, 5) is 44.6. The average molecular weight is 413 g/mol. The number of aromatic nitrogens is 2. The molecule has 4 rings (SSSR count). The Morgan fingerprint density at radius 1 is 0.935 bits per heavy atom. The fourth-order valence-corrected chi connectivity index (χ4v) is 3.30. The van der Waals surface area contributed by atoms with Crippen molar-refractivity contribution < 1.29 is 14.3 Å². The van der Waals surface area contributed by atoms with Crippen LogP contribution >= 0.6 is 0 Å². The monoisotopic (exact) mass is 413 g/mol. The molecule has 2 N–H and O–H groups in total. The zero-order valence-corrected chi connectivity index (χ0v) is 16.7. The Labute approximate surface area is 177 Å². The number of nitrogens with one attached hydrogen (secondary N) is 2. The normalized spacial score (nSPS) is 10.6. The Kier molecular flexibility index (Phi) is 5.57. The van der Waals surface area contributed by atoms with Gasteiger partial charge in [0.1, 0.15) is 5.82 Å². The minimum atomic E-state index is -0.415. The Balaban J connectivity index is 1.80. The van der Waals surface area contributed by atoms with Crippen LogP contribution in [0.3, 0.4) is 0 Å². The van der Waals surface area contributed by atoms with E-state index in [0.717, 1.165) is 0 Å². The smallest absolute Gasteiger partial charge is 0.338 e. The summed E-state index contributed by atoms with van der Waals surface area (Å²) in [6, 6.07) is 16.8. The van der Waals surface area contributed by atoms with Crippen LogP contribution in [0.25, 0.3) is 10.8 Å². The first kappa shape index (κ1) is 20.0. The van der Waals surface area contributed by atoms with E-state index in [1.165, 1.54) is 0 Å². The summed E-state index contributed by atoms with van der Waals surface area (Å²) in [6.45, 7) is 2.03. The number of H-pyrrole nitrogens is 1. The summed E-state index contributed by atoms with van der Waals surface area (Å²) >= 11 is 0. The van der Waals surface area contributed by atoms with Crippen molar-refractivity contribution in [3.8, 4) is 0 Å². The lowest BCUT2D eigenvalue weighted by Crippen LogP contribution is -2.16. The topological polar surface area (TPSA) is 101 Å². The number of carbonyl (C=O) groups excluding carboxylic acids is 2. The molecule has 0 unspecified atom stereocenters. The minimum absolute atomic E-state index is 0.250. The summed E-state index contributed by atoms with van der Waals surface area (Å²) in [7, 11) is 0. The third-order valence-corrected chi connectivity index (χ3v) is 4.76. The van der Waals surface area contributed by atoms with Crippen molar-refractivity contribution in [3.63, 3.8) is 0 Å². The van der Waals surface area contributed by atoms with E-state index in [4.69, 9.17) is 4.74 Å². The van der Waals surface area contributed by atoms with Gasteiger partial charge < -0.3 is 15.0 Å². The van der Waals surface area contributed by atoms with Crippen LogP contribution in [0, 0.1) is 0 Å². The number of aromatic amines is 1. The number of fused-ring (bicyclic) bond motifs is 1. The quantitative estimate of drug-likeness (QED) is 0.365. The van der Waals surface area contributed by atoms with Crippen molar-refractivity contribution in [2.24, 2.45) is 0 Å². The number of carbonyl (C=O) groups is 2. The van der Waals surface area contributed by atoms with Crippen LogP contribution in [0.4, 0.5) is 11.5 Å². The molecule has 0 amide bonds. The highest BCUT2D eigenvalue weighted by molar-refractivity contribution is 6.19. The predicted octanol–water partition coefficient (Wildman–Crippen LogP) is 4.07. The van der Waals surface area contributed by atoms with Crippen molar-refractivity contribution in [1.29, 1.82) is 0 Å². The highest BCUT2D eigenvalue weighted by Gasteiger charge is 2.20. The first-order valence-electron chi connectivity index (χ1n) is 9.72. The maximum absolute atomic E-state index is 13.3. The highest BCUT2D eigenvalue weighted by Crippen LogP contribution is 2.27. The summed E-state index contributed by atoms with van der Waals surface area (Å²) < 4.78 is 4.99. The van der Waals surface area contributed by atoms with Crippen LogP contribution in [0.1, 0.15) is 33.2 Å². The molecule has 0 saturated carbocycles. The van der Waals surface area contributed by atoms with Gasteiger partial charge in [-0.1, -0.05) is 18.2 Å². The lowest BCUT2D eigenvalue weighted by atomic mass is 9.98. The Bertz CT molecular complexity index is 1310. The molecule has 0 aliphatic heterocycles. The number of rotatable bonds is 6. The van der Waals surface area contributed by atoms with Crippen LogP contribution in [0.2, 0.25) is 0 Å². The molecule has 2 aromatic heterocycles. The molecule has 0 bridgehead atoms. The molecule has 7 heteroatoms. The summed E-state index contributed by atoms with van der Waals surface area (Å²) in [6.07, 6.45) is 3.09. The average Bonchev–Trinajstić information content (AvgIpc) is 2.80. The number of pyridine rings is 2. The number of hydrogen-bond acceptors (Lipinski definition) is 6. The van der Waals surface area contributed by atoms with E-state index >= 15 is 0 Å². The van der Waals surface area contributed by atoms with E-state index in [1.807, 2.05) is 0 Å². The molecule has 0 fully saturated rings. The molecule has 0 radical (unpaired) electrons. The van der Waals surface area contributed by atoms with Gasteiger partial charge in [0.15, 0.2) is 5.78 Å². The number of anilines is 2. The van der Waals surface area contributed by atoms with Crippen molar-refractivity contribution in [3.05, 3.63) is 100 Å². The van der Waals surface area contributed by atoms with E-state index in [-0.39, 0.29) is 23.8 Å². The molecular formula is C24H19N3O4. The van der Waals surface area contributed by atoms with E-state index in [0.29, 0.717) is 33.2 Å². The lowest BCUT2D eigenvalue weighted by Gasteiger charge is -2.14. The first-order valence-corrected chi connectivity index (χ1v) is 9.72. The van der Waals surface area contributed by atoms with Gasteiger partial charge in [-0.3, -0.25) is 14.6 Å². The molecule has 154 valence electrons. The first-order chi connectivity index (χ1) is 15.1. The molecule has 2 aromatic carbocycles. The lowest BCUT2D eigenvalue weighted by molar-refractivity contribution is 0.0526. The zero-order chi connectivity index (χ0) is 21.8. The number of benzene rings is 2. The molecule has 7 nitrogen and oxygen atoms in total. The van der Waals surface area contributed by atoms with Gasteiger partial charge in [0.25, 0.3) is 5.56 Å². The summed E-state index contributed by atoms with van der Waals surface area (Å²) in [5.74, 6) is -0.392.